The van der Waals surface area contributed by atoms with Gasteiger partial charge in [0.1, 0.15) is 0 Å². The number of carbonyl (C=O) groups is 1. The Kier molecular flexibility index (Phi) is 2.24. The molecule has 0 radical (unpaired) electrons. The van der Waals surface area contributed by atoms with Crippen LogP contribution in [0.25, 0.3) is 0 Å². The van der Waals surface area contributed by atoms with Crippen molar-refractivity contribution >= 4 is 5.97 Å². The number of carboxylic acids is 1. The highest BCUT2D eigenvalue weighted by Gasteiger charge is 2.32. The average molecular weight is 145 g/mol. The highest BCUT2D eigenvalue weighted by molar-refractivity contribution is 5.70. The maximum atomic E-state index is 10.4. The first-order chi connectivity index (χ1) is 4.75. The van der Waals surface area contributed by atoms with E-state index in [2.05, 4.69) is 0 Å². The lowest BCUT2D eigenvalue weighted by Gasteiger charge is -2.08. The van der Waals surface area contributed by atoms with Crippen molar-refractivity contribution in [3.8, 4) is 0 Å². The Bertz CT molecular complexity index is 137. The summed E-state index contributed by atoms with van der Waals surface area (Å²) in [6, 6.07) is 0. The van der Waals surface area contributed by atoms with Crippen molar-refractivity contribution < 1.29 is 14.6 Å². The maximum Gasteiger partial charge on any atom is 0.309 e. The van der Waals surface area contributed by atoms with Gasteiger partial charge in [0.05, 0.1) is 19.1 Å². The minimum absolute atomic E-state index is 0.0116. The number of rotatable bonds is 2. The SMILES string of the molecule is NCC1COCC1C(=O)O. The molecule has 1 heterocycles. The average Bonchev–Trinajstić information content (AvgIpc) is 2.33. The molecule has 1 rings (SSSR count). The second-order valence-electron chi connectivity index (χ2n) is 2.48. The van der Waals surface area contributed by atoms with Gasteiger partial charge < -0.3 is 15.6 Å². The zero-order chi connectivity index (χ0) is 7.56. The number of aliphatic carboxylic acids is 1. The lowest BCUT2D eigenvalue weighted by molar-refractivity contribution is -0.142. The van der Waals surface area contributed by atoms with Crippen LogP contribution in [0.2, 0.25) is 0 Å². The molecule has 0 aromatic heterocycles. The predicted octanol–water partition coefficient (Wildman–Crippen LogP) is -0.708. The van der Waals surface area contributed by atoms with E-state index in [1.54, 1.807) is 0 Å². The molecule has 0 bridgehead atoms. The summed E-state index contributed by atoms with van der Waals surface area (Å²) in [6.45, 7) is 1.21. The summed E-state index contributed by atoms with van der Waals surface area (Å²) >= 11 is 0. The normalized spacial score (nSPS) is 32.5. The van der Waals surface area contributed by atoms with E-state index < -0.39 is 5.97 Å². The van der Waals surface area contributed by atoms with Gasteiger partial charge in [-0.3, -0.25) is 4.79 Å². The number of hydrogen-bond acceptors (Lipinski definition) is 3. The van der Waals surface area contributed by atoms with Gasteiger partial charge >= 0.3 is 5.97 Å². The van der Waals surface area contributed by atoms with Crippen LogP contribution < -0.4 is 5.73 Å². The predicted molar refractivity (Wildman–Crippen MR) is 34.5 cm³/mol. The summed E-state index contributed by atoms with van der Waals surface area (Å²) in [6.07, 6.45) is 0. The van der Waals surface area contributed by atoms with E-state index in [9.17, 15) is 4.79 Å². The van der Waals surface area contributed by atoms with Crippen LogP contribution in [0.5, 0.6) is 0 Å². The van der Waals surface area contributed by atoms with Crippen LogP contribution in [0.1, 0.15) is 0 Å². The van der Waals surface area contributed by atoms with Crippen molar-refractivity contribution in [3.05, 3.63) is 0 Å². The molecule has 1 saturated heterocycles. The quantitative estimate of drug-likeness (QED) is 0.538. The highest BCUT2D eigenvalue weighted by atomic mass is 16.5. The molecule has 0 saturated carbocycles. The van der Waals surface area contributed by atoms with Gasteiger partial charge in [0, 0.05) is 5.92 Å². The Morgan fingerprint density at radius 1 is 1.70 bits per heavy atom. The lowest BCUT2D eigenvalue weighted by atomic mass is 9.97. The van der Waals surface area contributed by atoms with Crippen molar-refractivity contribution in [2.45, 2.75) is 0 Å². The Balaban J connectivity index is 2.50. The molecule has 1 fully saturated rings. The smallest absolute Gasteiger partial charge is 0.309 e. The van der Waals surface area contributed by atoms with E-state index in [1.165, 1.54) is 0 Å². The van der Waals surface area contributed by atoms with Crippen molar-refractivity contribution in [1.29, 1.82) is 0 Å². The van der Waals surface area contributed by atoms with Gasteiger partial charge in [-0.05, 0) is 6.54 Å². The number of ether oxygens (including phenoxy) is 1. The fourth-order valence-corrected chi connectivity index (χ4v) is 1.10. The van der Waals surface area contributed by atoms with Gasteiger partial charge in [-0.1, -0.05) is 0 Å². The summed E-state index contributed by atoms with van der Waals surface area (Å²) < 4.78 is 4.96. The molecule has 58 valence electrons. The maximum absolute atomic E-state index is 10.4. The minimum Gasteiger partial charge on any atom is -0.481 e. The first-order valence-corrected chi connectivity index (χ1v) is 3.26. The van der Waals surface area contributed by atoms with Crippen LogP contribution in [0.4, 0.5) is 0 Å². The molecule has 4 heteroatoms. The molecule has 1 aliphatic rings. The first kappa shape index (κ1) is 7.50. The zero-order valence-electron chi connectivity index (χ0n) is 5.62. The molecular formula is C6H11NO3. The summed E-state index contributed by atoms with van der Waals surface area (Å²) in [5.41, 5.74) is 5.32. The molecule has 0 amide bonds. The minimum atomic E-state index is -0.798. The van der Waals surface area contributed by atoms with Crippen molar-refractivity contribution in [3.63, 3.8) is 0 Å². The molecule has 1 aliphatic heterocycles. The Hall–Kier alpha value is -0.610. The van der Waals surface area contributed by atoms with E-state index in [0.29, 0.717) is 19.8 Å². The molecule has 0 spiro atoms. The second kappa shape index (κ2) is 2.98. The van der Waals surface area contributed by atoms with Crippen LogP contribution in [-0.4, -0.2) is 30.8 Å². The van der Waals surface area contributed by atoms with Crippen molar-refractivity contribution in [2.24, 2.45) is 17.6 Å². The summed E-state index contributed by atoms with van der Waals surface area (Å²) in [5, 5.41) is 8.58. The van der Waals surface area contributed by atoms with Crippen LogP contribution in [-0.2, 0) is 9.53 Å². The van der Waals surface area contributed by atoms with Crippen LogP contribution >= 0.6 is 0 Å². The van der Waals surface area contributed by atoms with Crippen LogP contribution in [0.3, 0.4) is 0 Å². The van der Waals surface area contributed by atoms with E-state index >= 15 is 0 Å². The van der Waals surface area contributed by atoms with Gasteiger partial charge in [-0.2, -0.15) is 0 Å². The van der Waals surface area contributed by atoms with Crippen molar-refractivity contribution in [2.75, 3.05) is 19.8 Å². The van der Waals surface area contributed by atoms with Gasteiger partial charge in [-0.25, -0.2) is 0 Å². The fraction of sp³-hybridized carbons (Fsp3) is 0.833. The van der Waals surface area contributed by atoms with Gasteiger partial charge in [0.15, 0.2) is 0 Å². The molecule has 3 N–H and O–H groups in total. The van der Waals surface area contributed by atoms with E-state index in [4.69, 9.17) is 15.6 Å². The second-order valence-corrected chi connectivity index (χ2v) is 2.48. The molecule has 10 heavy (non-hydrogen) atoms. The number of nitrogens with two attached hydrogens (primary N) is 1. The molecule has 4 nitrogen and oxygen atoms in total. The van der Waals surface area contributed by atoms with E-state index in [1.807, 2.05) is 0 Å². The van der Waals surface area contributed by atoms with Gasteiger partial charge in [-0.15, -0.1) is 0 Å². The summed E-state index contributed by atoms with van der Waals surface area (Å²) in [7, 11) is 0. The summed E-state index contributed by atoms with van der Waals surface area (Å²) in [4.78, 5) is 10.4. The Morgan fingerprint density at radius 2 is 2.40 bits per heavy atom. The molecular weight excluding hydrogens is 134 g/mol. The van der Waals surface area contributed by atoms with Crippen LogP contribution in [0.15, 0.2) is 0 Å². The Morgan fingerprint density at radius 3 is 2.80 bits per heavy atom. The van der Waals surface area contributed by atoms with Gasteiger partial charge in [0.2, 0.25) is 0 Å². The Labute approximate surface area is 59.0 Å². The lowest BCUT2D eigenvalue weighted by Crippen LogP contribution is -2.27. The monoisotopic (exact) mass is 145 g/mol. The molecule has 2 atom stereocenters. The number of carboxylic acid groups (broad SMARTS) is 1. The highest BCUT2D eigenvalue weighted by Crippen LogP contribution is 2.19. The number of hydrogen-bond donors (Lipinski definition) is 2. The third-order valence-electron chi connectivity index (χ3n) is 1.82. The third kappa shape index (κ3) is 1.27. The zero-order valence-corrected chi connectivity index (χ0v) is 5.62. The largest absolute Gasteiger partial charge is 0.481 e. The topological polar surface area (TPSA) is 72.5 Å². The third-order valence-corrected chi connectivity index (χ3v) is 1.82. The van der Waals surface area contributed by atoms with Gasteiger partial charge in [0.25, 0.3) is 0 Å². The molecule has 2 unspecified atom stereocenters. The van der Waals surface area contributed by atoms with E-state index in [0.717, 1.165) is 0 Å². The fourth-order valence-electron chi connectivity index (χ4n) is 1.10. The molecule has 0 aliphatic carbocycles. The first-order valence-electron chi connectivity index (χ1n) is 3.26. The van der Waals surface area contributed by atoms with E-state index in [-0.39, 0.29) is 11.8 Å². The molecule has 0 aromatic rings. The molecule has 0 aromatic carbocycles. The van der Waals surface area contributed by atoms with Crippen molar-refractivity contribution in [1.82, 2.24) is 0 Å². The van der Waals surface area contributed by atoms with Crippen LogP contribution in [0, 0.1) is 11.8 Å². The summed E-state index contributed by atoms with van der Waals surface area (Å²) in [5.74, 6) is -1.17. The standard InChI is InChI=1S/C6H11NO3/c7-1-4-2-10-3-5(4)6(8)9/h4-5H,1-3,7H2,(H,8,9).